The number of carbonyl (C=O) groups excluding carboxylic acids is 1. The van der Waals surface area contributed by atoms with Gasteiger partial charge in [0.1, 0.15) is 0 Å². The zero-order valence-electron chi connectivity index (χ0n) is 10.6. The maximum Gasteiger partial charge on any atom is 0.259 e. The Morgan fingerprint density at radius 2 is 2.26 bits per heavy atom. The average Bonchev–Trinajstić information content (AvgIpc) is 2.84. The van der Waals surface area contributed by atoms with Gasteiger partial charge >= 0.3 is 0 Å². The van der Waals surface area contributed by atoms with Crippen molar-refractivity contribution in [2.45, 2.75) is 13.8 Å². The Hall–Kier alpha value is -2.63. The van der Waals surface area contributed by atoms with Crippen LogP contribution in [0.5, 0.6) is 0 Å². The molecule has 6 heteroatoms. The number of hydrogen-bond donors (Lipinski definition) is 3. The molecule has 1 aromatic heterocycles. The highest BCUT2D eigenvalue weighted by atomic mass is 16.4. The summed E-state index contributed by atoms with van der Waals surface area (Å²) in [5, 5.41) is 21.2. The predicted molar refractivity (Wildman–Crippen MR) is 71.7 cm³/mol. The second-order valence-corrected chi connectivity index (χ2v) is 4.13. The Bertz CT molecular complexity index is 631. The summed E-state index contributed by atoms with van der Waals surface area (Å²) in [7, 11) is 0. The lowest BCUT2D eigenvalue weighted by molar-refractivity contribution is 0.102. The van der Waals surface area contributed by atoms with E-state index in [9.17, 15) is 4.79 Å². The fraction of sp³-hybridized carbons (Fsp3) is 0.154. The fourth-order valence-electron chi connectivity index (χ4n) is 1.66. The van der Waals surface area contributed by atoms with Gasteiger partial charge in [0.05, 0.1) is 17.5 Å². The smallest absolute Gasteiger partial charge is 0.259 e. The highest BCUT2D eigenvalue weighted by Gasteiger charge is 2.11. The molecular weight excluding hydrogens is 244 g/mol. The van der Waals surface area contributed by atoms with Gasteiger partial charge in [-0.2, -0.15) is 5.10 Å². The lowest BCUT2D eigenvalue weighted by Gasteiger charge is -2.06. The van der Waals surface area contributed by atoms with Crippen LogP contribution < -0.4 is 5.32 Å². The Labute approximate surface area is 110 Å². The van der Waals surface area contributed by atoms with Gasteiger partial charge in [0.25, 0.3) is 5.91 Å². The number of nitrogens with one attached hydrogen (secondary N) is 2. The molecule has 0 aliphatic carbocycles. The summed E-state index contributed by atoms with van der Waals surface area (Å²) in [4.78, 5) is 12.0. The third-order valence-corrected chi connectivity index (χ3v) is 2.76. The highest BCUT2D eigenvalue weighted by molar-refractivity contribution is 6.06. The molecule has 0 fully saturated rings. The van der Waals surface area contributed by atoms with Crippen LogP contribution in [0.15, 0.2) is 35.6 Å². The molecule has 2 aromatic rings. The number of oxime groups is 1. The van der Waals surface area contributed by atoms with E-state index >= 15 is 0 Å². The Kier molecular flexibility index (Phi) is 3.61. The standard InChI is InChI=1S/C13H14N4O2/c1-8(17-19)10-4-3-5-11(6-10)15-13(18)12-7-14-16-9(12)2/h3-7,19H,1-2H3,(H,14,16)(H,15,18). The van der Waals surface area contributed by atoms with Crippen molar-refractivity contribution in [3.63, 3.8) is 0 Å². The molecule has 19 heavy (non-hydrogen) atoms. The fourth-order valence-corrected chi connectivity index (χ4v) is 1.66. The monoisotopic (exact) mass is 258 g/mol. The molecule has 0 spiro atoms. The molecule has 0 saturated heterocycles. The summed E-state index contributed by atoms with van der Waals surface area (Å²) < 4.78 is 0. The number of aromatic amines is 1. The number of H-pyrrole nitrogens is 1. The minimum Gasteiger partial charge on any atom is -0.411 e. The molecule has 6 nitrogen and oxygen atoms in total. The number of aryl methyl sites for hydroxylation is 1. The molecule has 0 aliphatic heterocycles. The molecule has 0 radical (unpaired) electrons. The number of rotatable bonds is 3. The summed E-state index contributed by atoms with van der Waals surface area (Å²) in [6.45, 7) is 3.46. The van der Waals surface area contributed by atoms with Crippen molar-refractivity contribution in [3.05, 3.63) is 47.3 Å². The van der Waals surface area contributed by atoms with Crippen molar-refractivity contribution in [3.8, 4) is 0 Å². The van der Waals surface area contributed by atoms with Crippen LogP contribution in [0.25, 0.3) is 0 Å². The maximum absolute atomic E-state index is 12.0. The van der Waals surface area contributed by atoms with Crippen LogP contribution in [0.1, 0.15) is 28.5 Å². The number of nitrogens with zero attached hydrogens (tertiary/aromatic N) is 2. The van der Waals surface area contributed by atoms with E-state index in [1.165, 1.54) is 6.20 Å². The van der Waals surface area contributed by atoms with Crippen LogP contribution >= 0.6 is 0 Å². The first-order chi connectivity index (χ1) is 9.11. The van der Waals surface area contributed by atoms with Crippen LogP contribution in [0.4, 0.5) is 5.69 Å². The molecule has 2 rings (SSSR count). The third kappa shape index (κ3) is 2.79. The number of benzene rings is 1. The van der Waals surface area contributed by atoms with E-state index in [0.717, 1.165) is 5.56 Å². The van der Waals surface area contributed by atoms with E-state index < -0.39 is 0 Å². The van der Waals surface area contributed by atoms with Crippen LogP contribution in [0.2, 0.25) is 0 Å². The summed E-state index contributed by atoms with van der Waals surface area (Å²) in [5.74, 6) is -0.234. The SMILES string of the molecule is CC(=NO)c1cccc(NC(=O)c2cn[nH]c2C)c1. The van der Waals surface area contributed by atoms with E-state index in [4.69, 9.17) is 5.21 Å². The van der Waals surface area contributed by atoms with E-state index in [1.54, 1.807) is 38.1 Å². The Balaban J connectivity index is 2.20. The summed E-state index contributed by atoms with van der Waals surface area (Å²) in [5.41, 5.74) is 3.06. The van der Waals surface area contributed by atoms with Gasteiger partial charge in [-0.1, -0.05) is 17.3 Å². The topological polar surface area (TPSA) is 90.4 Å². The Morgan fingerprint density at radius 1 is 1.47 bits per heavy atom. The second-order valence-electron chi connectivity index (χ2n) is 4.13. The minimum atomic E-state index is -0.234. The van der Waals surface area contributed by atoms with E-state index in [2.05, 4.69) is 20.7 Å². The zero-order chi connectivity index (χ0) is 13.8. The van der Waals surface area contributed by atoms with Gasteiger partial charge in [-0.15, -0.1) is 0 Å². The lowest BCUT2D eigenvalue weighted by atomic mass is 10.1. The van der Waals surface area contributed by atoms with Crippen molar-refractivity contribution in [2.24, 2.45) is 5.16 Å². The minimum absolute atomic E-state index is 0.234. The Morgan fingerprint density at radius 3 is 2.89 bits per heavy atom. The normalized spacial score (nSPS) is 11.4. The molecule has 0 unspecified atom stereocenters. The number of carbonyl (C=O) groups is 1. The summed E-state index contributed by atoms with van der Waals surface area (Å²) in [6.07, 6.45) is 1.48. The molecule has 1 heterocycles. The molecule has 1 amide bonds. The third-order valence-electron chi connectivity index (χ3n) is 2.76. The van der Waals surface area contributed by atoms with Crippen molar-refractivity contribution in [1.29, 1.82) is 0 Å². The van der Waals surface area contributed by atoms with Gasteiger partial charge < -0.3 is 10.5 Å². The van der Waals surface area contributed by atoms with Gasteiger partial charge in [-0.3, -0.25) is 9.89 Å². The molecule has 0 bridgehead atoms. The van der Waals surface area contributed by atoms with Crippen LogP contribution in [0, 0.1) is 6.92 Å². The van der Waals surface area contributed by atoms with Crippen molar-refractivity contribution < 1.29 is 10.0 Å². The van der Waals surface area contributed by atoms with Crippen LogP contribution in [0.3, 0.4) is 0 Å². The van der Waals surface area contributed by atoms with E-state index in [1.807, 2.05) is 0 Å². The van der Waals surface area contributed by atoms with Gasteiger partial charge in [-0.25, -0.2) is 0 Å². The first-order valence-electron chi connectivity index (χ1n) is 5.72. The van der Waals surface area contributed by atoms with Crippen LogP contribution in [-0.4, -0.2) is 27.0 Å². The van der Waals surface area contributed by atoms with E-state index in [-0.39, 0.29) is 5.91 Å². The maximum atomic E-state index is 12.0. The quantitative estimate of drug-likeness (QED) is 0.447. The zero-order valence-corrected chi connectivity index (χ0v) is 10.6. The highest BCUT2D eigenvalue weighted by Crippen LogP contribution is 2.13. The second kappa shape index (κ2) is 5.34. The molecule has 0 saturated carbocycles. The van der Waals surface area contributed by atoms with Gasteiger partial charge in [0, 0.05) is 16.9 Å². The van der Waals surface area contributed by atoms with Crippen molar-refractivity contribution in [2.75, 3.05) is 5.32 Å². The van der Waals surface area contributed by atoms with Crippen LogP contribution in [-0.2, 0) is 0 Å². The largest absolute Gasteiger partial charge is 0.411 e. The number of amides is 1. The summed E-state index contributed by atoms with van der Waals surface area (Å²) >= 11 is 0. The first-order valence-corrected chi connectivity index (χ1v) is 5.72. The van der Waals surface area contributed by atoms with Gasteiger partial charge in [-0.05, 0) is 26.0 Å². The molecule has 98 valence electrons. The molecule has 1 aromatic carbocycles. The summed E-state index contributed by atoms with van der Waals surface area (Å²) in [6, 6.07) is 7.08. The van der Waals surface area contributed by atoms with Gasteiger partial charge in [0.2, 0.25) is 0 Å². The lowest BCUT2D eigenvalue weighted by Crippen LogP contribution is -2.12. The molecular formula is C13H14N4O2. The number of anilines is 1. The van der Waals surface area contributed by atoms with Gasteiger partial charge in [0.15, 0.2) is 0 Å². The average molecular weight is 258 g/mol. The predicted octanol–water partition coefficient (Wildman–Crippen LogP) is 2.17. The first kappa shape index (κ1) is 12.8. The molecule has 3 N–H and O–H groups in total. The molecule has 0 aliphatic rings. The van der Waals surface area contributed by atoms with E-state index in [0.29, 0.717) is 22.7 Å². The number of aromatic nitrogens is 2. The van der Waals surface area contributed by atoms with Crippen molar-refractivity contribution >= 4 is 17.3 Å². The number of hydrogen-bond acceptors (Lipinski definition) is 4. The van der Waals surface area contributed by atoms with Crippen molar-refractivity contribution in [1.82, 2.24) is 10.2 Å². The molecule has 0 atom stereocenters.